The molecule has 0 spiro atoms. The first kappa shape index (κ1) is 12.8. The van der Waals surface area contributed by atoms with Crippen LogP contribution < -0.4 is 5.32 Å². The Labute approximate surface area is 95.8 Å². The van der Waals surface area contributed by atoms with Gasteiger partial charge in [-0.1, -0.05) is 20.3 Å². The fourth-order valence-electron chi connectivity index (χ4n) is 1.77. The predicted molar refractivity (Wildman–Crippen MR) is 60.2 cm³/mol. The molecule has 5 heteroatoms. The Morgan fingerprint density at radius 3 is 2.81 bits per heavy atom. The molecule has 1 aliphatic heterocycles. The van der Waals surface area contributed by atoms with E-state index in [1.54, 1.807) is 0 Å². The maximum absolute atomic E-state index is 11.7. The van der Waals surface area contributed by atoms with Gasteiger partial charge < -0.3 is 15.3 Å². The molecule has 16 heavy (non-hydrogen) atoms. The van der Waals surface area contributed by atoms with Gasteiger partial charge in [-0.2, -0.15) is 0 Å². The van der Waals surface area contributed by atoms with Gasteiger partial charge in [-0.05, 0) is 18.8 Å². The fourth-order valence-corrected chi connectivity index (χ4v) is 1.77. The molecule has 2 N–H and O–H groups in total. The summed E-state index contributed by atoms with van der Waals surface area (Å²) in [4.78, 5) is 24.0. The first-order valence-corrected chi connectivity index (χ1v) is 5.83. The zero-order chi connectivity index (χ0) is 12.1. The summed E-state index contributed by atoms with van der Waals surface area (Å²) in [6, 6.07) is -0.887. The third-order valence-corrected chi connectivity index (χ3v) is 3.10. The molecule has 1 saturated heterocycles. The summed E-state index contributed by atoms with van der Waals surface area (Å²) in [5, 5.41) is 11.7. The number of carboxylic acid groups (broad SMARTS) is 1. The van der Waals surface area contributed by atoms with Crippen molar-refractivity contribution in [1.29, 1.82) is 0 Å². The molecule has 0 aromatic rings. The molecule has 1 aliphatic rings. The van der Waals surface area contributed by atoms with Crippen molar-refractivity contribution in [1.82, 2.24) is 10.2 Å². The van der Waals surface area contributed by atoms with Gasteiger partial charge in [0.1, 0.15) is 6.04 Å². The van der Waals surface area contributed by atoms with Crippen molar-refractivity contribution in [2.45, 2.75) is 39.2 Å². The van der Waals surface area contributed by atoms with E-state index in [9.17, 15) is 9.59 Å². The van der Waals surface area contributed by atoms with Crippen molar-refractivity contribution in [3.8, 4) is 0 Å². The maximum Gasteiger partial charge on any atom is 0.326 e. The minimum absolute atomic E-state index is 0.245. The van der Waals surface area contributed by atoms with E-state index in [-0.39, 0.29) is 6.03 Å². The lowest BCUT2D eigenvalue weighted by Gasteiger charge is -2.22. The first-order chi connectivity index (χ1) is 7.56. The molecule has 0 aromatic heterocycles. The smallest absolute Gasteiger partial charge is 0.326 e. The number of nitrogens with zero attached hydrogens (tertiary/aromatic N) is 1. The Morgan fingerprint density at radius 2 is 2.25 bits per heavy atom. The number of hydrogen-bond donors (Lipinski definition) is 2. The van der Waals surface area contributed by atoms with Crippen molar-refractivity contribution >= 4 is 12.0 Å². The van der Waals surface area contributed by atoms with Gasteiger partial charge >= 0.3 is 12.0 Å². The highest BCUT2D eigenvalue weighted by atomic mass is 16.4. The number of carboxylic acids is 1. The van der Waals surface area contributed by atoms with Crippen molar-refractivity contribution in [3.63, 3.8) is 0 Å². The lowest BCUT2D eigenvalue weighted by molar-refractivity contribution is -0.141. The van der Waals surface area contributed by atoms with Crippen LogP contribution in [0.1, 0.15) is 33.1 Å². The highest BCUT2D eigenvalue weighted by Gasteiger charge is 2.33. The molecular weight excluding hydrogens is 208 g/mol. The van der Waals surface area contributed by atoms with E-state index in [0.29, 0.717) is 25.4 Å². The molecule has 0 aromatic carbocycles. The molecule has 0 saturated carbocycles. The van der Waals surface area contributed by atoms with Crippen molar-refractivity contribution in [2.24, 2.45) is 5.92 Å². The standard InChI is InChI=1S/C11H20N2O3/c1-3-8(2)7-12-11(16)13-6-4-5-9(13)10(14)15/h8-9H,3-7H2,1-2H3,(H,12,16)(H,14,15). The highest BCUT2D eigenvalue weighted by molar-refractivity contribution is 5.83. The second-order valence-electron chi connectivity index (χ2n) is 4.39. The Bertz CT molecular complexity index is 268. The van der Waals surface area contributed by atoms with E-state index in [1.165, 1.54) is 4.90 Å². The number of rotatable bonds is 4. The van der Waals surface area contributed by atoms with Gasteiger partial charge in [-0.3, -0.25) is 0 Å². The quantitative estimate of drug-likeness (QED) is 0.761. The van der Waals surface area contributed by atoms with Crippen LogP contribution in [0.15, 0.2) is 0 Å². The molecule has 2 atom stereocenters. The second-order valence-corrected chi connectivity index (χ2v) is 4.39. The molecule has 1 heterocycles. The summed E-state index contributed by atoms with van der Waals surface area (Å²) < 4.78 is 0. The molecule has 0 aliphatic carbocycles. The van der Waals surface area contributed by atoms with Crippen LogP contribution in [0.3, 0.4) is 0 Å². The van der Waals surface area contributed by atoms with Crippen LogP contribution in [0, 0.1) is 5.92 Å². The number of carbonyl (C=O) groups is 2. The van der Waals surface area contributed by atoms with Gasteiger partial charge in [-0.25, -0.2) is 9.59 Å². The van der Waals surface area contributed by atoms with E-state index in [2.05, 4.69) is 19.2 Å². The van der Waals surface area contributed by atoms with E-state index >= 15 is 0 Å². The molecule has 1 fully saturated rings. The summed E-state index contributed by atoms with van der Waals surface area (Å²) in [7, 11) is 0. The average molecular weight is 228 g/mol. The Morgan fingerprint density at radius 1 is 1.56 bits per heavy atom. The fraction of sp³-hybridized carbons (Fsp3) is 0.818. The maximum atomic E-state index is 11.7. The van der Waals surface area contributed by atoms with Crippen LogP contribution in [0.25, 0.3) is 0 Å². The van der Waals surface area contributed by atoms with Crippen LogP contribution in [0.5, 0.6) is 0 Å². The topological polar surface area (TPSA) is 69.6 Å². The van der Waals surface area contributed by atoms with Crippen LogP contribution >= 0.6 is 0 Å². The number of aliphatic carboxylic acids is 1. The second kappa shape index (κ2) is 5.72. The molecule has 2 unspecified atom stereocenters. The number of carbonyl (C=O) groups excluding carboxylic acids is 1. The summed E-state index contributed by atoms with van der Waals surface area (Å²) in [6.07, 6.45) is 2.34. The lowest BCUT2D eigenvalue weighted by Crippen LogP contribution is -2.46. The lowest BCUT2D eigenvalue weighted by atomic mass is 10.1. The minimum atomic E-state index is -0.906. The minimum Gasteiger partial charge on any atom is -0.480 e. The molecule has 92 valence electrons. The highest BCUT2D eigenvalue weighted by Crippen LogP contribution is 2.17. The van der Waals surface area contributed by atoms with E-state index in [4.69, 9.17) is 5.11 Å². The van der Waals surface area contributed by atoms with Gasteiger partial charge in [-0.15, -0.1) is 0 Å². The summed E-state index contributed by atoms with van der Waals surface area (Å²) in [5.74, 6) is -0.481. The monoisotopic (exact) mass is 228 g/mol. The molecule has 0 bridgehead atoms. The van der Waals surface area contributed by atoms with Crippen LogP contribution in [0.4, 0.5) is 4.79 Å². The Kier molecular flexibility index (Phi) is 4.58. The number of amides is 2. The van der Waals surface area contributed by atoms with Gasteiger partial charge in [0.15, 0.2) is 0 Å². The van der Waals surface area contributed by atoms with Crippen LogP contribution in [-0.2, 0) is 4.79 Å². The predicted octanol–water partition coefficient (Wildman–Crippen LogP) is 1.29. The molecular formula is C11H20N2O3. The van der Waals surface area contributed by atoms with Crippen LogP contribution in [-0.4, -0.2) is 41.1 Å². The van der Waals surface area contributed by atoms with E-state index in [1.807, 2.05) is 0 Å². The normalized spacial score (nSPS) is 21.9. The van der Waals surface area contributed by atoms with E-state index < -0.39 is 12.0 Å². The van der Waals surface area contributed by atoms with Gasteiger partial charge in [0, 0.05) is 13.1 Å². The van der Waals surface area contributed by atoms with Crippen LogP contribution in [0.2, 0.25) is 0 Å². The number of urea groups is 1. The molecule has 2 amide bonds. The largest absolute Gasteiger partial charge is 0.480 e. The summed E-state index contributed by atoms with van der Waals surface area (Å²) >= 11 is 0. The zero-order valence-electron chi connectivity index (χ0n) is 9.90. The van der Waals surface area contributed by atoms with Gasteiger partial charge in [0.2, 0.25) is 0 Å². The van der Waals surface area contributed by atoms with Crippen molar-refractivity contribution < 1.29 is 14.7 Å². The Balaban J connectivity index is 2.44. The average Bonchev–Trinajstić information content (AvgIpc) is 2.74. The molecule has 1 rings (SSSR count). The molecule has 0 radical (unpaired) electrons. The van der Waals surface area contributed by atoms with Gasteiger partial charge in [0.25, 0.3) is 0 Å². The Hall–Kier alpha value is -1.26. The summed E-state index contributed by atoms with van der Waals surface area (Å²) in [5.41, 5.74) is 0. The first-order valence-electron chi connectivity index (χ1n) is 5.83. The third-order valence-electron chi connectivity index (χ3n) is 3.10. The van der Waals surface area contributed by atoms with Crippen molar-refractivity contribution in [3.05, 3.63) is 0 Å². The molecule has 5 nitrogen and oxygen atoms in total. The summed E-state index contributed by atoms with van der Waals surface area (Å²) in [6.45, 7) is 5.27. The number of hydrogen-bond acceptors (Lipinski definition) is 2. The number of nitrogens with one attached hydrogen (secondary N) is 1. The van der Waals surface area contributed by atoms with Crippen molar-refractivity contribution in [2.75, 3.05) is 13.1 Å². The van der Waals surface area contributed by atoms with E-state index in [0.717, 1.165) is 12.8 Å². The number of likely N-dealkylation sites (tertiary alicyclic amines) is 1. The van der Waals surface area contributed by atoms with Gasteiger partial charge in [0.05, 0.1) is 0 Å². The third kappa shape index (κ3) is 3.12. The SMILES string of the molecule is CCC(C)CNC(=O)N1CCCC1C(=O)O. The zero-order valence-corrected chi connectivity index (χ0v) is 9.90.